The number of aryl methyl sites for hydroxylation is 2. The molecule has 0 spiro atoms. The third-order valence-electron chi connectivity index (χ3n) is 2.49. The number of rotatable bonds is 1. The lowest BCUT2D eigenvalue weighted by Gasteiger charge is -2.03. The van der Waals surface area contributed by atoms with Crippen molar-refractivity contribution in [3.05, 3.63) is 27.8 Å². The number of halogens is 1. The summed E-state index contributed by atoms with van der Waals surface area (Å²) in [5.41, 5.74) is 0.449. The Bertz CT molecular complexity index is 671. The lowest BCUT2D eigenvalue weighted by atomic mass is 10.3. The molecule has 0 atom stereocenters. The molecule has 7 heteroatoms. The van der Waals surface area contributed by atoms with Gasteiger partial charge in [0.1, 0.15) is 0 Å². The van der Waals surface area contributed by atoms with E-state index >= 15 is 0 Å². The minimum Gasteiger partial charge on any atom is -0.465 e. The molecular formula is C10H10ClN3O3. The summed E-state index contributed by atoms with van der Waals surface area (Å²) in [7, 11) is 3.26. The van der Waals surface area contributed by atoms with Crippen LogP contribution in [0.1, 0.15) is 0 Å². The van der Waals surface area contributed by atoms with Crippen molar-refractivity contribution in [2.45, 2.75) is 0 Å². The Labute approximate surface area is 101 Å². The maximum Gasteiger partial charge on any atom is 0.409 e. The first-order valence-electron chi connectivity index (χ1n) is 4.76. The van der Waals surface area contributed by atoms with E-state index in [1.807, 2.05) is 0 Å². The van der Waals surface area contributed by atoms with Crippen LogP contribution in [0.15, 0.2) is 17.2 Å². The van der Waals surface area contributed by atoms with E-state index < -0.39 is 6.09 Å². The van der Waals surface area contributed by atoms with Crippen LogP contribution >= 0.6 is 11.6 Å². The van der Waals surface area contributed by atoms with Crippen molar-refractivity contribution in [3.63, 3.8) is 0 Å². The van der Waals surface area contributed by atoms with E-state index in [0.29, 0.717) is 10.5 Å². The number of hydrogen-bond acceptors (Lipinski definition) is 2. The molecule has 0 unspecified atom stereocenters. The monoisotopic (exact) mass is 255 g/mol. The zero-order chi connectivity index (χ0) is 12.7. The number of nitrogens with zero attached hydrogens (tertiary/aromatic N) is 2. The Morgan fingerprint density at radius 1 is 1.35 bits per heavy atom. The first kappa shape index (κ1) is 11.5. The largest absolute Gasteiger partial charge is 0.465 e. The third-order valence-corrected chi connectivity index (χ3v) is 2.77. The van der Waals surface area contributed by atoms with Crippen LogP contribution in [-0.2, 0) is 14.1 Å². The van der Waals surface area contributed by atoms with Crippen LogP contribution in [0.5, 0.6) is 0 Å². The number of carboxylic acid groups (broad SMARTS) is 1. The molecule has 2 heterocycles. The SMILES string of the molecule is Cn1cc(Cl)c2c(c(NC(=O)O)cn2C)c1=O. The van der Waals surface area contributed by atoms with Gasteiger partial charge in [0, 0.05) is 26.5 Å². The molecule has 0 saturated heterocycles. The first-order chi connectivity index (χ1) is 7.91. The predicted octanol–water partition coefficient (Wildman–Crippen LogP) is 1.62. The maximum atomic E-state index is 12.0. The van der Waals surface area contributed by atoms with Gasteiger partial charge >= 0.3 is 6.09 Å². The van der Waals surface area contributed by atoms with Gasteiger partial charge in [0.2, 0.25) is 0 Å². The van der Waals surface area contributed by atoms with Gasteiger partial charge in [0.05, 0.1) is 21.6 Å². The van der Waals surface area contributed by atoms with E-state index in [4.69, 9.17) is 16.7 Å². The first-order valence-corrected chi connectivity index (χ1v) is 5.13. The highest BCUT2D eigenvalue weighted by Gasteiger charge is 2.16. The van der Waals surface area contributed by atoms with E-state index in [2.05, 4.69) is 5.32 Å². The van der Waals surface area contributed by atoms with Gasteiger partial charge in [-0.05, 0) is 0 Å². The van der Waals surface area contributed by atoms with E-state index in [9.17, 15) is 9.59 Å². The molecule has 0 fully saturated rings. The summed E-state index contributed by atoms with van der Waals surface area (Å²) < 4.78 is 2.93. The summed E-state index contributed by atoms with van der Waals surface area (Å²) in [6, 6.07) is 0. The van der Waals surface area contributed by atoms with Crippen molar-refractivity contribution in [1.29, 1.82) is 0 Å². The van der Waals surface area contributed by atoms with E-state index in [1.165, 1.54) is 17.0 Å². The molecule has 0 aliphatic rings. The van der Waals surface area contributed by atoms with Gasteiger partial charge < -0.3 is 14.2 Å². The van der Waals surface area contributed by atoms with E-state index in [1.54, 1.807) is 18.7 Å². The van der Waals surface area contributed by atoms with Gasteiger partial charge in [-0.2, -0.15) is 0 Å². The fraction of sp³-hybridized carbons (Fsp3) is 0.200. The average molecular weight is 256 g/mol. The van der Waals surface area contributed by atoms with Crippen LogP contribution in [0, 0.1) is 0 Å². The lowest BCUT2D eigenvalue weighted by Crippen LogP contribution is -2.17. The molecule has 0 bridgehead atoms. The van der Waals surface area contributed by atoms with E-state index in [-0.39, 0.29) is 16.6 Å². The van der Waals surface area contributed by atoms with Crippen molar-refractivity contribution in [1.82, 2.24) is 9.13 Å². The molecule has 17 heavy (non-hydrogen) atoms. The van der Waals surface area contributed by atoms with Crippen LogP contribution in [0.25, 0.3) is 10.9 Å². The summed E-state index contributed by atoms with van der Waals surface area (Å²) in [4.78, 5) is 22.6. The molecule has 2 N–H and O–H groups in total. The zero-order valence-electron chi connectivity index (χ0n) is 9.19. The summed E-state index contributed by atoms with van der Waals surface area (Å²) in [6.45, 7) is 0. The van der Waals surface area contributed by atoms with Crippen molar-refractivity contribution < 1.29 is 9.90 Å². The van der Waals surface area contributed by atoms with Crippen LogP contribution < -0.4 is 10.9 Å². The predicted molar refractivity (Wildman–Crippen MR) is 64.8 cm³/mol. The number of nitrogens with one attached hydrogen (secondary N) is 1. The Hall–Kier alpha value is -1.95. The lowest BCUT2D eigenvalue weighted by molar-refractivity contribution is 0.210. The molecule has 0 aromatic carbocycles. The number of fused-ring (bicyclic) bond motifs is 1. The Morgan fingerprint density at radius 3 is 2.59 bits per heavy atom. The number of pyridine rings is 1. The molecule has 0 aliphatic heterocycles. The zero-order valence-corrected chi connectivity index (χ0v) is 9.95. The quantitative estimate of drug-likeness (QED) is 0.813. The maximum absolute atomic E-state index is 12.0. The minimum absolute atomic E-state index is 0.234. The normalized spacial score (nSPS) is 10.8. The molecule has 90 valence electrons. The van der Waals surface area contributed by atoms with Gasteiger partial charge in [0.25, 0.3) is 5.56 Å². The number of carbonyl (C=O) groups is 1. The van der Waals surface area contributed by atoms with E-state index in [0.717, 1.165) is 0 Å². The molecule has 2 aromatic heterocycles. The molecule has 0 saturated carbocycles. The summed E-state index contributed by atoms with van der Waals surface area (Å²) in [6.07, 6.45) is 1.79. The summed E-state index contributed by atoms with van der Waals surface area (Å²) in [5.74, 6) is 0. The van der Waals surface area contributed by atoms with Crippen molar-refractivity contribution in [3.8, 4) is 0 Å². The second-order valence-electron chi connectivity index (χ2n) is 3.70. The molecule has 2 rings (SSSR count). The van der Waals surface area contributed by atoms with Crippen LogP contribution in [0.3, 0.4) is 0 Å². The smallest absolute Gasteiger partial charge is 0.409 e. The highest BCUT2D eigenvalue weighted by atomic mass is 35.5. The topological polar surface area (TPSA) is 76.3 Å². The fourth-order valence-corrected chi connectivity index (χ4v) is 2.18. The molecule has 0 aliphatic carbocycles. The number of aromatic nitrogens is 2. The van der Waals surface area contributed by atoms with Crippen LogP contribution in [0.4, 0.5) is 10.5 Å². The van der Waals surface area contributed by atoms with Gasteiger partial charge in [-0.25, -0.2) is 4.79 Å². The summed E-state index contributed by atoms with van der Waals surface area (Å²) in [5, 5.41) is 11.6. The average Bonchev–Trinajstić information content (AvgIpc) is 2.51. The molecule has 6 nitrogen and oxygen atoms in total. The number of amides is 1. The Morgan fingerprint density at radius 2 is 2.00 bits per heavy atom. The van der Waals surface area contributed by atoms with Crippen LogP contribution in [-0.4, -0.2) is 20.3 Å². The highest BCUT2D eigenvalue weighted by Crippen LogP contribution is 2.27. The second kappa shape index (κ2) is 3.81. The fourth-order valence-electron chi connectivity index (χ4n) is 1.81. The van der Waals surface area contributed by atoms with Gasteiger partial charge in [-0.1, -0.05) is 11.6 Å². The van der Waals surface area contributed by atoms with Crippen molar-refractivity contribution >= 4 is 34.3 Å². The van der Waals surface area contributed by atoms with Crippen LogP contribution in [0.2, 0.25) is 5.02 Å². The highest BCUT2D eigenvalue weighted by molar-refractivity contribution is 6.35. The molecular weight excluding hydrogens is 246 g/mol. The summed E-state index contributed by atoms with van der Waals surface area (Å²) >= 11 is 6.03. The Kier molecular flexibility index (Phi) is 2.59. The number of hydrogen-bond donors (Lipinski definition) is 2. The van der Waals surface area contributed by atoms with Gasteiger partial charge in [-0.15, -0.1) is 0 Å². The van der Waals surface area contributed by atoms with Crippen molar-refractivity contribution in [2.75, 3.05) is 5.32 Å². The van der Waals surface area contributed by atoms with Gasteiger partial charge in [-0.3, -0.25) is 10.1 Å². The third kappa shape index (κ3) is 1.76. The van der Waals surface area contributed by atoms with Crippen molar-refractivity contribution in [2.24, 2.45) is 14.1 Å². The molecule has 0 radical (unpaired) electrons. The van der Waals surface area contributed by atoms with Gasteiger partial charge in [0.15, 0.2) is 0 Å². The molecule has 1 amide bonds. The second-order valence-corrected chi connectivity index (χ2v) is 4.11. The standard InChI is InChI=1S/C10H10ClN3O3/c1-13-4-6(12-10(16)17)7-8(13)5(11)3-14(2)9(7)15/h3-4,12H,1-2H3,(H,16,17). The molecule has 2 aromatic rings. The minimum atomic E-state index is -1.22. The Balaban J connectivity index is 2.88. The number of anilines is 1.